The van der Waals surface area contributed by atoms with Gasteiger partial charge in [0, 0.05) is 21.7 Å². The molecule has 1 aromatic heterocycles. The second-order valence-electron chi connectivity index (χ2n) is 5.80. The fourth-order valence-electron chi connectivity index (χ4n) is 2.60. The van der Waals surface area contributed by atoms with E-state index in [0.717, 1.165) is 22.5 Å². The quantitative estimate of drug-likeness (QED) is 0.406. The Labute approximate surface area is 168 Å². The van der Waals surface area contributed by atoms with Crippen molar-refractivity contribution in [2.75, 3.05) is 6.61 Å². The highest BCUT2D eigenvalue weighted by Gasteiger charge is 2.11. The van der Waals surface area contributed by atoms with E-state index >= 15 is 0 Å². The van der Waals surface area contributed by atoms with Crippen LogP contribution in [0.3, 0.4) is 0 Å². The Bertz CT molecular complexity index is 966. The lowest BCUT2D eigenvalue weighted by molar-refractivity contribution is -0.137. The van der Waals surface area contributed by atoms with Crippen molar-refractivity contribution in [2.45, 2.75) is 13.5 Å². The number of nitrogens with zero attached hydrogens (tertiary/aromatic N) is 2. The number of carbonyl (C=O) groups is 1. The minimum Gasteiger partial charge on any atom is -0.463 e. The lowest BCUT2D eigenvalue weighted by Crippen LogP contribution is -2.05. The Morgan fingerprint density at radius 1 is 1.15 bits per heavy atom. The van der Waals surface area contributed by atoms with E-state index in [2.05, 4.69) is 5.10 Å². The molecule has 0 aliphatic carbocycles. The molecule has 0 aliphatic rings. The van der Waals surface area contributed by atoms with Crippen LogP contribution >= 0.6 is 23.2 Å². The molecular formula is C21H18Cl2N2O2. The van der Waals surface area contributed by atoms with Gasteiger partial charge in [-0.25, -0.2) is 4.79 Å². The summed E-state index contributed by atoms with van der Waals surface area (Å²) in [5.41, 5.74) is 3.45. The molecule has 6 heteroatoms. The monoisotopic (exact) mass is 400 g/mol. The van der Waals surface area contributed by atoms with E-state index in [1.807, 2.05) is 42.5 Å². The minimum absolute atomic E-state index is 0.331. The van der Waals surface area contributed by atoms with E-state index in [4.69, 9.17) is 27.9 Å². The van der Waals surface area contributed by atoms with Crippen molar-refractivity contribution >= 4 is 35.2 Å². The Morgan fingerprint density at radius 3 is 2.63 bits per heavy atom. The van der Waals surface area contributed by atoms with E-state index in [1.165, 1.54) is 6.08 Å². The second-order valence-corrected chi connectivity index (χ2v) is 6.64. The van der Waals surface area contributed by atoms with Crippen LogP contribution in [0.5, 0.6) is 0 Å². The van der Waals surface area contributed by atoms with Crippen molar-refractivity contribution in [3.8, 4) is 11.3 Å². The molecule has 138 valence electrons. The summed E-state index contributed by atoms with van der Waals surface area (Å²) in [4.78, 5) is 11.7. The first-order chi connectivity index (χ1) is 13.1. The summed E-state index contributed by atoms with van der Waals surface area (Å²) in [5, 5.41) is 5.83. The molecule has 3 rings (SSSR count). The van der Waals surface area contributed by atoms with Crippen molar-refractivity contribution in [1.82, 2.24) is 9.78 Å². The van der Waals surface area contributed by atoms with Crippen LogP contribution < -0.4 is 0 Å². The van der Waals surface area contributed by atoms with E-state index in [0.29, 0.717) is 23.2 Å². The highest BCUT2D eigenvalue weighted by molar-refractivity contribution is 6.35. The molecule has 0 spiro atoms. The van der Waals surface area contributed by atoms with Gasteiger partial charge in [0.05, 0.1) is 24.5 Å². The molecule has 1 heterocycles. The van der Waals surface area contributed by atoms with E-state index in [9.17, 15) is 4.79 Å². The molecule has 4 nitrogen and oxygen atoms in total. The standard InChI is InChI=1S/C21H18Cl2N2O2/c1-2-27-21(26)11-10-18-13-20(15-6-4-3-5-7-15)24-25(18)14-16-8-9-17(22)12-19(16)23/h3-13H,2,14H2,1H3. The lowest BCUT2D eigenvalue weighted by atomic mass is 10.1. The fraction of sp³-hybridized carbons (Fsp3) is 0.143. The summed E-state index contributed by atoms with van der Waals surface area (Å²) in [6.45, 7) is 2.55. The van der Waals surface area contributed by atoms with Crippen LogP contribution in [0.25, 0.3) is 17.3 Å². The van der Waals surface area contributed by atoms with Crippen LogP contribution in [0.15, 0.2) is 60.7 Å². The van der Waals surface area contributed by atoms with Crippen molar-refractivity contribution in [3.63, 3.8) is 0 Å². The van der Waals surface area contributed by atoms with Crippen molar-refractivity contribution < 1.29 is 9.53 Å². The molecule has 0 radical (unpaired) electrons. The summed E-state index contributed by atoms with van der Waals surface area (Å²) in [7, 11) is 0. The van der Waals surface area contributed by atoms with E-state index in [-0.39, 0.29) is 0 Å². The summed E-state index contributed by atoms with van der Waals surface area (Å²) in [6, 6.07) is 17.1. The number of hydrogen-bond acceptors (Lipinski definition) is 3. The Balaban J connectivity index is 1.96. The maximum atomic E-state index is 11.7. The van der Waals surface area contributed by atoms with Crippen LogP contribution in [-0.2, 0) is 16.1 Å². The molecule has 0 bridgehead atoms. The van der Waals surface area contributed by atoms with Gasteiger partial charge in [0.15, 0.2) is 0 Å². The van der Waals surface area contributed by atoms with Crippen LogP contribution in [-0.4, -0.2) is 22.4 Å². The molecule has 0 fully saturated rings. The maximum absolute atomic E-state index is 11.7. The van der Waals surface area contributed by atoms with Gasteiger partial charge in [0.2, 0.25) is 0 Å². The van der Waals surface area contributed by atoms with Crippen LogP contribution in [0.1, 0.15) is 18.2 Å². The number of rotatable bonds is 6. The topological polar surface area (TPSA) is 44.1 Å². The molecule has 0 aliphatic heterocycles. The number of ether oxygens (including phenoxy) is 1. The van der Waals surface area contributed by atoms with Gasteiger partial charge >= 0.3 is 5.97 Å². The fourth-order valence-corrected chi connectivity index (χ4v) is 3.07. The second kappa shape index (κ2) is 8.89. The highest BCUT2D eigenvalue weighted by atomic mass is 35.5. The lowest BCUT2D eigenvalue weighted by Gasteiger charge is -2.07. The number of aromatic nitrogens is 2. The Hall–Kier alpha value is -2.56. The van der Waals surface area contributed by atoms with Crippen molar-refractivity contribution in [3.05, 3.63) is 82.0 Å². The summed E-state index contributed by atoms with van der Waals surface area (Å²) in [5.74, 6) is -0.393. The molecule has 3 aromatic rings. The smallest absolute Gasteiger partial charge is 0.330 e. The molecule has 0 amide bonds. The molecular weight excluding hydrogens is 383 g/mol. The molecule has 0 N–H and O–H groups in total. The van der Waals surface area contributed by atoms with Gasteiger partial charge in [-0.3, -0.25) is 4.68 Å². The van der Waals surface area contributed by atoms with Gasteiger partial charge in [-0.1, -0.05) is 59.6 Å². The Kier molecular flexibility index (Phi) is 6.32. The first-order valence-corrected chi connectivity index (χ1v) is 9.24. The molecule has 0 saturated carbocycles. The zero-order valence-electron chi connectivity index (χ0n) is 14.7. The summed E-state index contributed by atoms with van der Waals surface area (Å²) < 4.78 is 6.75. The summed E-state index contributed by atoms with van der Waals surface area (Å²) in [6.07, 6.45) is 3.09. The normalized spacial score (nSPS) is 11.1. The average molecular weight is 401 g/mol. The van der Waals surface area contributed by atoms with Gasteiger partial charge < -0.3 is 4.74 Å². The number of benzene rings is 2. The molecule has 27 heavy (non-hydrogen) atoms. The zero-order valence-corrected chi connectivity index (χ0v) is 16.2. The third kappa shape index (κ3) is 5.00. The predicted octanol–water partition coefficient (Wildman–Crippen LogP) is 5.48. The predicted molar refractivity (Wildman–Crippen MR) is 109 cm³/mol. The average Bonchev–Trinajstić information content (AvgIpc) is 3.06. The van der Waals surface area contributed by atoms with Gasteiger partial charge in [0.1, 0.15) is 0 Å². The molecule has 2 aromatic carbocycles. The Morgan fingerprint density at radius 2 is 1.93 bits per heavy atom. The number of esters is 1. The zero-order chi connectivity index (χ0) is 19.2. The maximum Gasteiger partial charge on any atom is 0.330 e. The van der Waals surface area contributed by atoms with Crippen LogP contribution in [0, 0.1) is 0 Å². The van der Waals surface area contributed by atoms with Crippen LogP contribution in [0.4, 0.5) is 0 Å². The molecule has 0 atom stereocenters. The number of carbonyl (C=O) groups excluding carboxylic acids is 1. The van der Waals surface area contributed by atoms with Crippen LogP contribution in [0.2, 0.25) is 10.0 Å². The molecule has 0 unspecified atom stereocenters. The third-order valence-electron chi connectivity index (χ3n) is 3.89. The number of hydrogen-bond donors (Lipinski definition) is 0. The van der Waals surface area contributed by atoms with E-state index < -0.39 is 5.97 Å². The summed E-state index contributed by atoms with van der Waals surface area (Å²) >= 11 is 12.3. The van der Waals surface area contributed by atoms with Crippen molar-refractivity contribution in [1.29, 1.82) is 0 Å². The first-order valence-electron chi connectivity index (χ1n) is 8.49. The third-order valence-corrected chi connectivity index (χ3v) is 4.48. The van der Waals surface area contributed by atoms with Gasteiger partial charge in [-0.15, -0.1) is 0 Å². The molecule has 0 saturated heterocycles. The minimum atomic E-state index is -0.393. The van der Waals surface area contributed by atoms with Gasteiger partial charge in [0.25, 0.3) is 0 Å². The van der Waals surface area contributed by atoms with Gasteiger partial charge in [-0.05, 0) is 36.8 Å². The van der Waals surface area contributed by atoms with E-state index in [1.54, 1.807) is 29.8 Å². The first kappa shape index (κ1) is 19.2. The largest absolute Gasteiger partial charge is 0.463 e. The van der Waals surface area contributed by atoms with Gasteiger partial charge in [-0.2, -0.15) is 5.10 Å². The number of halogens is 2. The SMILES string of the molecule is CCOC(=O)C=Cc1cc(-c2ccccc2)nn1Cc1ccc(Cl)cc1Cl. The highest BCUT2D eigenvalue weighted by Crippen LogP contribution is 2.24. The van der Waals surface area contributed by atoms with Crippen molar-refractivity contribution in [2.24, 2.45) is 0 Å².